The van der Waals surface area contributed by atoms with Crippen molar-refractivity contribution < 1.29 is 4.79 Å². The summed E-state index contributed by atoms with van der Waals surface area (Å²) in [5.41, 5.74) is 11.0. The Bertz CT molecular complexity index is 633. The molecule has 2 aromatic rings. The van der Waals surface area contributed by atoms with Crippen LogP contribution >= 0.6 is 0 Å². The zero-order chi connectivity index (χ0) is 14.7. The summed E-state index contributed by atoms with van der Waals surface area (Å²) < 4.78 is 0. The van der Waals surface area contributed by atoms with Crippen LogP contribution in [0.5, 0.6) is 0 Å². The Morgan fingerprint density at radius 3 is 2.60 bits per heavy atom. The van der Waals surface area contributed by atoms with Gasteiger partial charge in [0.25, 0.3) is 5.91 Å². The average Bonchev–Trinajstić information content (AvgIpc) is 2.42. The van der Waals surface area contributed by atoms with Crippen molar-refractivity contribution in [1.29, 1.82) is 0 Å². The number of amides is 1. The van der Waals surface area contributed by atoms with Gasteiger partial charge in [-0.15, -0.1) is 0 Å². The second-order valence-corrected chi connectivity index (χ2v) is 5.01. The maximum atomic E-state index is 12.2. The molecule has 1 aromatic carbocycles. The Kier molecular flexibility index (Phi) is 4.03. The van der Waals surface area contributed by atoms with Gasteiger partial charge in [0.05, 0.1) is 0 Å². The molecule has 3 N–H and O–H groups in total. The molecular weight excluding hydrogens is 250 g/mol. The molecule has 4 heteroatoms. The number of pyridine rings is 1. The molecule has 0 radical (unpaired) electrons. The Hall–Kier alpha value is -2.36. The lowest BCUT2D eigenvalue weighted by atomic mass is 10.0. The third-order valence-electron chi connectivity index (χ3n) is 3.28. The number of anilines is 1. The number of carbonyl (C=O) groups is 1. The SMILES string of the molecule is Cc1ccc(CNC(=O)c2cc(N)c(C)cc2C)cn1. The van der Waals surface area contributed by atoms with Crippen LogP contribution in [0.4, 0.5) is 5.69 Å². The summed E-state index contributed by atoms with van der Waals surface area (Å²) >= 11 is 0. The monoisotopic (exact) mass is 269 g/mol. The molecule has 0 spiro atoms. The van der Waals surface area contributed by atoms with E-state index in [-0.39, 0.29) is 5.91 Å². The number of aryl methyl sites for hydroxylation is 3. The molecule has 1 heterocycles. The van der Waals surface area contributed by atoms with Gasteiger partial charge in [-0.3, -0.25) is 9.78 Å². The van der Waals surface area contributed by atoms with Gasteiger partial charge in [0, 0.05) is 29.7 Å². The molecule has 0 bridgehead atoms. The highest BCUT2D eigenvalue weighted by Gasteiger charge is 2.10. The molecule has 2 rings (SSSR count). The predicted molar refractivity (Wildman–Crippen MR) is 80.5 cm³/mol. The minimum absolute atomic E-state index is 0.116. The fraction of sp³-hybridized carbons (Fsp3) is 0.250. The minimum atomic E-state index is -0.116. The van der Waals surface area contributed by atoms with Gasteiger partial charge < -0.3 is 11.1 Å². The molecule has 0 atom stereocenters. The largest absolute Gasteiger partial charge is 0.398 e. The second kappa shape index (κ2) is 5.74. The van der Waals surface area contributed by atoms with E-state index in [1.165, 1.54) is 0 Å². The summed E-state index contributed by atoms with van der Waals surface area (Å²) in [5, 5.41) is 2.89. The van der Waals surface area contributed by atoms with Crippen LogP contribution in [-0.4, -0.2) is 10.9 Å². The Labute approximate surface area is 119 Å². The van der Waals surface area contributed by atoms with Crippen LogP contribution in [0.3, 0.4) is 0 Å². The topological polar surface area (TPSA) is 68.0 Å². The Morgan fingerprint density at radius 1 is 1.20 bits per heavy atom. The lowest BCUT2D eigenvalue weighted by Crippen LogP contribution is -2.24. The number of carbonyl (C=O) groups excluding carboxylic acids is 1. The van der Waals surface area contributed by atoms with Crippen molar-refractivity contribution in [3.8, 4) is 0 Å². The Balaban J connectivity index is 2.09. The Morgan fingerprint density at radius 2 is 1.95 bits per heavy atom. The van der Waals surface area contributed by atoms with Gasteiger partial charge in [0.15, 0.2) is 0 Å². The molecule has 20 heavy (non-hydrogen) atoms. The molecular formula is C16H19N3O. The van der Waals surface area contributed by atoms with Crippen molar-refractivity contribution in [3.63, 3.8) is 0 Å². The van der Waals surface area contributed by atoms with E-state index in [2.05, 4.69) is 10.3 Å². The first-order chi connectivity index (χ1) is 9.47. The molecule has 0 aliphatic heterocycles. The lowest BCUT2D eigenvalue weighted by molar-refractivity contribution is 0.0950. The van der Waals surface area contributed by atoms with Crippen molar-refractivity contribution >= 4 is 11.6 Å². The standard InChI is InChI=1S/C16H19N3O/c1-10-6-11(2)15(17)7-14(10)16(20)19-9-13-5-4-12(3)18-8-13/h4-8H,9,17H2,1-3H3,(H,19,20). The van der Waals surface area contributed by atoms with Crippen LogP contribution in [0.25, 0.3) is 0 Å². The molecule has 1 aromatic heterocycles. The van der Waals surface area contributed by atoms with Crippen molar-refractivity contribution in [2.75, 3.05) is 5.73 Å². The zero-order valence-corrected chi connectivity index (χ0v) is 12.0. The molecule has 0 aliphatic carbocycles. The number of nitrogens with one attached hydrogen (secondary N) is 1. The van der Waals surface area contributed by atoms with E-state index >= 15 is 0 Å². The number of nitrogens with two attached hydrogens (primary N) is 1. The number of hydrogen-bond acceptors (Lipinski definition) is 3. The molecule has 0 fully saturated rings. The molecule has 4 nitrogen and oxygen atoms in total. The van der Waals surface area contributed by atoms with E-state index < -0.39 is 0 Å². The smallest absolute Gasteiger partial charge is 0.251 e. The highest BCUT2D eigenvalue weighted by Crippen LogP contribution is 2.17. The third kappa shape index (κ3) is 3.15. The van der Waals surface area contributed by atoms with E-state index in [1.807, 2.05) is 39.0 Å². The highest BCUT2D eigenvalue weighted by atomic mass is 16.1. The fourth-order valence-electron chi connectivity index (χ4n) is 1.99. The van der Waals surface area contributed by atoms with E-state index in [0.29, 0.717) is 17.8 Å². The van der Waals surface area contributed by atoms with Gasteiger partial charge in [-0.2, -0.15) is 0 Å². The first-order valence-corrected chi connectivity index (χ1v) is 6.54. The normalized spacial score (nSPS) is 10.3. The van der Waals surface area contributed by atoms with Crippen LogP contribution < -0.4 is 11.1 Å². The first-order valence-electron chi connectivity index (χ1n) is 6.54. The van der Waals surface area contributed by atoms with Crippen molar-refractivity contribution in [1.82, 2.24) is 10.3 Å². The van der Waals surface area contributed by atoms with Gasteiger partial charge in [-0.1, -0.05) is 12.1 Å². The molecule has 1 amide bonds. The number of nitrogen functional groups attached to an aromatic ring is 1. The maximum absolute atomic E-state index is 12.2. The summed E-state index contributed by atoms with van der Waals surface area (Å²) in [6, 6.07) is 7.54. The van der Waals surface area contributed by atoms with Crippen molar-refractivity contribution in [3.05, 3.63) is 58.4 Å². The van der Waals surface area contributed by atoms with Gasteiger partial charge in [0.2, 0.25) is 0 Å². The maximum Gasteiger partial charge on any atom is 0.251 e. The summed E-state index contributed by atoms with van der Waals surface area (Å²) in [5.74, 6) is -0.116. The summed E-state index contributed by atoms with van der Waals surface area (Å²) in [6.45, 7) is 6.23. The van der Waals surface area contributed by atoms with Gasteiger partial charge in [-0.25, -0.2) is 0 Å². The fourth-order valence-corrected chi connectivity index (χ4v) is 1.99. The molecule has 0 saturated carbocycles. The van der Waals surface area contributed by atoms with Crippen LogP contribution in [0.2, 0.25) is 0 Å². The lowest BCUT2D eigenvalue weighted by Gasteiger charge is -2.10. The van der Waals surface area contributed by atoms with Crippen LogP contribution in [0.15, 0.2) is 30.5 Å². The summed E-state index contributed by atoms with van der Waals surface area (Å²) in [4.78, 5) is 16.4. The number of aromatic nitrogens is 1. The minimum Gasteiger partial charge on any atom is -0.398 e. The summed E-state index contributed by atoms with van der Waals surface area (Å²) in [7, 11) is 0. The molecule has 0 aliphatic rings. The van der Waals surface area contributed by atoms with Gasteiger partial charge in [0.1, 0.15) is 0 Å². The van der Waals surface area contributed by atoms with Crippen LogP contribution in [0.1, 0.15) is 32.7 Å². The number of rotatable bonds is 3. The molecule has 104 valence electrons. The van der Waals surface area contributed by atoms with Crippen LogP contribution in [-0.2, 0) is 6.54 Å². The van der Waals surface area contributed by atoms with Crippen LogP contribution in [0, 0.1) is 20.8 Å². The van der Waals surface area contributed by atoms with Crippen molar-refractivity contribution in [2.45, 2.75) is 27.3 Å². The third-order valence-corrected chi connectivity index (χ3v) is 3.28. The quantitative estimate of drug-likeness (QED) is 0.841. The van der Waals surface area contributed by atoms with Gasteiger partial charge >= 0.3 is 0 Å². The van der Waals surface area contributed by atoms with E-state index in [4.69, 9.17) is 5.73 Å². The van der Waals surface area contributed by atoms with E-state index in [9.17, 15) is 4.79 Å². The first kappa shape index (κ1) is 14.1. The van der Waals surface area contributed by atoms with E-state index in [0.717, 1.165) is 22.4 Å². The van der Waals surface area contributed by atoms with Gasteiger partial charge in [-0.05, 0) is 49.6 Å². The number of benzene rings is 1. The zero-order valence-electron chi connectivity index (χ0n) is 12.0. The predicted octanol–water partition coefficient (Wildman–Crippen LogP) is 2.52. The highest BCUT2D eigenvalue weighted by molar-refractivity contribution is 5.96. The second-order valence-electron chi connectivity index (χ2n) is 5.01. The van der Waals surface area contributed by atoms with E-state index in [1.54, 1.807) is 12.3 Å². The summed E-state index contributed by atoms with van der Waals surface area (Å²) in [6.07, 6.45) is 1.77. The molecule has 0 saturated heterocycles. The average molecular weight is 269 g/mol. The number of hydrogen-bond donors (Lipinski definition) is 2. The number of nitrogens with zero attached hydrogens (tertiary/aromatic N) is 1. The molecule has 0 unspecified atom stereocenters. The van der Waals surface area contributed by atoms with Crippen molar-refractivity contribution in [2.24, 2.45) is 0 Å².